The maximum atomic E-state index is 12.1. The first-order valence-corrected chi connectivity index (χ1v) is 44.4. The zero-order valence-electron chi connectivity index (χ0n) is 60.6. The minimum atomic E-state index is -1.27. The number of Topliss-reactive ketones (excluding diaryl/α,β-unsaturated/α-hetero) is 2. The number of ether oxygens (including phenoxy) is 3. The van der Waals surface area contributed by atoms with E-state index in [4.69, 9.17) is 70.3 Å². The summed E-state index contributed by atoms with van der Waals surface area (Å²) >= 11 is 6.13. The van der Waals surface area contributed by atoms with Gasteiger partial charge in [-0.1, -0.05) is 64.4 Å². The van der Waals surface area contributed by atoms with E-state index in [1.165, 1.54) is 21.6 Å². The topological polar surface area (TPSA) is 333 Å². The lowest BCUT2D eigenvalue weighted by atomic mass is 10.1. The summed E-state index contributed by atoms with van der Waals surface area (Å²) in [6, 6.07) is 22.7. The van der Waals surface area contributed by atoms with Gasteiger partial charge in [-0.25, -0.2) is 29.1 Å². The fraction of sp³-hybridized carbons (Fsp3) is 0.676. The minimum absolute atomic E-state index is 0.0709. The van der Waals surface area contributed by atoms with Crippen LogP contribution in [0.4, 0.5) is 0 Å². The SMILES string of the molecule is CC(C)N(C(C)C)P(Cl)OCCC#N.CCC(COCCCCC(=O)CCSSc1ccccn1)OP(OCCC#N)N(C(C)C)C(C)C.CCC(O)COCCCCC(=O)CCSSc1ccccn1.NCCCOCC(O)CO.O=C(CCSSc1ccccn1)ON1C(=O)CCC1=O. The third-order valence-corrected chi connectivity index (χ3v) is 24.4. The number of aromatic nitrogens is 3. The lowest BCUT2D eigenvalue weighted by Crippen LogP contribution is -2.35. The second-order valence-electron chi connectivity index (χ2n) is 23.0. The Morgan fingerprint density at radius 3 is 1.42 bits per heavy atom. The highest BCUT2D eigenvalue weighted by Gasteiger charge is 2.33. The Hall–Kier alpha value is -2.85. The molecule has 5 unspecified atom stereocenters. The molecule has 572 valence electrons. The highest BCUT2D eigenvalue weighted by Crippen LogP contribution is 2.50. The molecule has 5 atom stereocenters. The van der Waals surface area contributed by atoms with Crippen LogP contribution in [0.5, 0.6) is 0 Å². The van der Waals surface area contributed by atoms with Crippen molar-refractivity contribution in [2.45, 2.75) is 230 Å². The van der Waals surface area contributed by atoms with Gasteiger partial charge in [-0.15, -0.1) is 5.06 Å². The Kier molecular flexibility index (Phi) is 64.7. The Balaban J connectivity index is 0.00000132. The fourth-order valence-corrected chi connectivity index (χ4v) is 17.7. The van der Waals surface area contributed by atoms with E-state index in [-0.39, 0.29) is 56.8 Å². The number of rotatable bonds is 52. The summed E-state index contributed by atoms with van der Waals surface area (Å²) in [5.74, 6) is 1.24. The summed E-state index contributed by atoms with van der Waals surface area (Å²) in [4.78, 5) is 75.2. The molecule has 2 amide bonds. The first kappa shape index (κ1) is 98.2. The van der Waals surface area contributed by atoms with Crippen molar-refractivity contribution in [2.75, 3.05) is 83.3 Å². The number of unbranched alkanes of at least 4 members (excludes halogenated alkanes) is 2. The monoisotopic (exact) mass is 1580 g/mol. The molecule has 1 aliphatic rings. The number of carbonyl (C=O) groups is 5. The molecule has 0 bridgehead atoms. The molecule has 4 heterocycles. The zero-order chi connectivity index (χ0) is 75.3. The molecule has 3 aromatic heterocycles. The van der Waals surface area contributed by atoms with E-state index >= 15 is 0 Å². The summed E-state index contributed by atoms with van der Waals surface area (Å²) in [5, 5.41) is 47.0. The average molecular weight is 1590 g/mol. The number of nitrogens with two attached hydrogens (primary N) is 1. The molecule has 0 aliphatic carbocycles. The third-order valence-electron chi connectivity index (χ3n) is 13.0. The molecule has 101 heavy (non-hydrogen) atoms. The number of imide groups is 1. The van der Waals surface area contributed by atoms with Gasteiger partial charge in [-0.2, -0.15) is 10.5 Å². The molecule has 24 nitrogen and oxygen atoms in total. The Morgan fingerprint density at radius 2 is 1.02 bits per heavy atom. The number of carbonyl (C=O) groups excluding carboxylic acids is 5. The Morgan fingerprint density at radius 1 is 0.594 bits per heavy atom. The standard InChI is InChI=1S/C25H42N3O4PS2.C16H25NO3S2.C12H12N2O4S2.C9H18ClN2OP.C6H15NO3/c1-6-24(32-33(31-18-11-15-26)28(21(2)3)22(4)5)20-30-17-10-8-12-23(29)14-19-34-35-25-13-7-9-16-27-25;1-2-14(18)13-20-11-6-4-7-15(19)9-12-21-22-16-8-3-5-10-17-16;15-10-4-5-11(16)14(10)18-12(17)6-8-19-20-9-3-1-2-7-13-9;1-8(2)12(9(3)4)14(10)13-7-5-6-11;7-2-1-3-10-5-6(9)4-8/h7,9,13,16,21-22,24H,6,8,10-12,14,17-20H2,1-5H3;3,5,8,10,14,18H,2,4,6-7,9,11-13H2,1H3;1-3,7H,4-6,8H2;8-9H,5,7H2,1-4H3;6,8-9H,1-5,7H2. The van der Waals surface area contributed by atoms with E-state index in [1.807, 2.05) is 67.6 Å². The first-order chi connectivity index (χ1) is 48.6. The van der Waals surface area contributed by atoms with Gasteiger partial charge in [0.15, 0.2) is 0 Å². The average Bonchev–Trinajstić information content (AvgIpc) is 1.69. The predicted octanol–water partition coefficient (Wildman–Crippen LogP) is 14.8. The molecular formula is C68H112ClN9O15P2S6. The van der Waals surface area contributed by atoms with E-state index in [2.05, 4.69) is 92.7 Å². The minimum Gasteiger partial charge on any atom is -0.394 e. The lowest BCUT2D eigenvalue weighted by molar-refractivity contribution is -0.197. The van der Waals surface area contributed by atoms with E-state index in [0.717, 1.165) is 65.1 Å². The van der Waals surface area contributed by atoms with Crippen molar-refractivity contribution >= 4 is 122 Å². The fourth-order valence-electron chi connectivity index (χ4n) is 7.89. The van der Waals surface area contributed by atoms with Crippen LogP contribution in [0.15, 0.2) is 88.3 Å². The number of hydroxylamine groups is 2. The number of nitriles is 2. The van der Waals surface area contributed by atoms with E-state index in [9.17, 15) is 29.1 Å². The van der Waals surface area contributed by atoms with Crippen LogP contribution < -0.4 is 5.73 Å². The molecule has 0 spiro atoms. The van der Waals surface area contributed by atoms with Crippen LogP contribution in [0, 0.1) is 22.7 Å². The number of halogens is 1. The van der Waals surface area contributed by atoms with Gasteiger partial charge in [0.05, 0.1) is 83.3 Å². The zero-order valence-corrected chi connectivity index (χ0v) is 68.0. The van der Waals surface area contributed by atoms with Crippen molar-refractivity contribution in [3.05, 3.63) is 73.2 Å². The molecule has 3 aromatic rings. The molecule has 1 saturated heterocycles. The molecule has 1 aliphatic heterocycles. The number of hydrogen-bond acceptors (Lipinski definition) is 29. The van der Waals surface area contributed by atoms with Gasteiger partial charge in [-0.05, 0) is 187 Å². The number of pyridine rings is 3. The van der Waals surface area contributed by atoms with Crippen molar-refractivity contribution in [1.29, 1.82) is 10.5 Å². The van der Waals surface area contributed by atoms with Gasteiger partial charge >= 0.3 is 5.97 Å². The molecule has 5 N–H and O–H groups in total. The quantitative estimate of drug-likeness (QED) is 0.0176. The van der Waals surface area contributed by atoms with Gasteiger partial charge in [-0.3, -0.25) is 19.2 Å². The summed E-state index contributed by atoms with van der Waals surface area (Å²) in [5.41, 5.74) is 5.19. The summed E-state index contributed by atoms with van der Waals surface area (Å²) in [6.07, 6.45) is 13.3. The molecule has 33 heteroatoms. The third kappa shape index (κ3) is 54.4. The van der Waals surface area contributed by atoms with E-state index in [1.54, 1.807) is 61.8 Å². The van der Waals surface area contributed by atoms with Crippen LogP contribution in [0.2, 0.25) is 0 Å². The van der Waals surface area contributed by atoms with Crippen molar-refractivity contribution in [2.24, 2.45) is 5.73 Å². The number of hydrogen-bond donors (Lipinski definition) is 4. The first-order valence-electron chi connectivity index (χ1n) is 34.2. The number of ketones is 2. The normalized spacial score (nSPS) is 13.4. The largest absolute Gasteiger partial charge is 0.394 e. The Bertz CT molecular complexity index is 2620. The van der Waals surface area contributed by atoms with Crippen LogP contribution in [0.3, 0.4) is 0 Å². The van der Waals surface area contributed by atoms with Gasteiger partial charge in [0.2, 0.25) is 7.65 Å². The van der Waals surface area contributed by atoms with Crippen LogP contribution in [0.25, 0.3) is 0 Å². The van der Waals surface area contributed by atoms with Gasteiger partial charge < -0.3 is 53.7 Å². The molecule has 4 rings (SSSR count). The van der Waals surface area contributed by atoms with Gasteiger partial charge in [0.1, 0.15) is 32.7 Å². The molecular weight excluding hydrogens is 1470 g/mol. The predicted molar refractivity (Wildman–Crippen MR) is 413 cm³/mol. The van der Waals surface area contributed by atoms with E-state index < -0.39 is 40.1 Å². The highest BCUT2D eigenvalue weighted by atomic mass is 35.7. The van der Waals surface area contributed by atoms with E-state index in [0.29, 0.717) is 132 Å². The molecule has 0 aromatic carbocycles. The van der Waals surface area contributed by atoms with Crippen molar-refractivity contribution in [3.8, 4) is 12.1 Å². The second-order valence-corrected chi connectivity index (χ2v) is 33.7. The van der Waals surface area contributed by atoms with Crippen molar-refractivity contribution < 1.29 is 71.9 Å². The van der Waals surface area contributed by atoms with Crippen molar-refractivity contribution in [3.63, 3.8) is 0 Å². The Labute approximate surface area is 632 Å². The molecule has 0 saturated carbocycles. The van der Waals surface area contributed by atoms with Crippen LogP contribution in [0.1, 0.15) is 172 Å². The highest BCUT2D eigenvalue weighted by molar-refractivity contribution is 8.77. The number of amides is 2. The maximum absolute atomic E-state index is 12.1. The van der Waals surface area contributed by atoms with Gasteiger partial charge in [0, 0.05) is 118 Å². The number of nitrogens with zero attached hydrogens (tertiary/aromatic N) is 8. The maximum Gasteiger partial charge on any atom is 0.334 e. The van der Waals surface area contributed by atoms with Crippen LogP contribution in [-0.2, 0) is 56.6 Å². The summed E-state index contributed by atoms with van der Waals surface area (Å²) in [6.45, 7) is 24.9. The number of aliphatic hydroxyl groups is 3. The second kappa shape index (κ2) is 66.6. The van der Waals surface area contributed by atoms with Gasteiger partial charge in [0.25, 0.3) is 20.3 Å². The lowest BCUT2D eigenvalue weighted by Gasteiger charge is -2.37. The van der Waals surface area contributed by atoms with Crippen LogP contribution >= 0.6 is 92.2 Å². The summed E-state index contributed by atoms with van der Waals surface area (Å²) in [7, 11) is 7.13. The summed E-state index contributed by atoms with van der Waals surface area (Å²) < 4.78 is 38.2. The smallest absolute Gasteiger partial charge is 0.334 e. The molecule has 0 radical (unpaired) electrons. The van der Waals surface area contributed by atoms with Crippen LogP contribution in [-0.4, -0.2) is 200 Å². The molecule has 1 fully saturated rings. The number of aliphatic hydroxyl groups excluding tert-OH is 3. The van der Waals surface area contributed by atoms with Crippen molar-refractivity contribution in [1.82, 2.24) is 29.4 Å².